The van der Waals surface area contributed by atoms with E-state index in [1.165, 1.54) is 103 Å². The summed E-state index contributed by atoms with van der Waals surface area (Å²) in [7, 11) is 0. The van der Waals surface area contributed by atoms with Crippen LogP contribution in [0.3, 0.4) is 0 Å². The summed E-state index contributed by atoms with van der Waals surface area (Å²) in [4.78, 5) is 6.58. The molecule has 3 heteroatoms. The first-order valence-corrected chi connectivity index (χ1v) is 11.7. The number of aliphatic hydroxyl groups is 1. The SMILES string of the molecule is CCCCCCCCCCCCCCCCCCC1=NCCN1C(C)O. The van der Waals surface area contributed by atoms with Crippen LogP contribution in [0.25, 0.3) is 0 Å². The van der Waals surface area contributed by atoms with Crippen LogP contribution in [0.1, 0.15) is 123 Å². The highest BCUT2D eigenvalue weighted by Gasteiger charge is 2.19. The van der Waals surface area contributed by atoms with E-state index < -0.39 is 0 Å². The molecule has 154 valence electrons. The van der Waals surface area contributed by atoms with Crippen LogP contribution in [-0.4, -0.2) is 35.2 Å². The Hall–Kier alpha value is -0.570. The van der Waals surface area contributed by atoms with Crippen LogP contribution in [0.15, 0.2) is 4.99 Å². The molecule has 0 aliphatic carbocycles. The van der Waals surface area contributed by atoms with Crippen molar-refractivity contribution in [1.82, 2.24) is 4.90 Å². The molecule has 0 aromatic rings. The summed E-state index contributed by atoms with van der Waals surface area (Å²) in [5.74, 6) is 1.13. The molecule has 26 heavy (non-hydrogen) atoms. The molecule has 3 nitrogen and oxygen atoms in total. The molecule has 0 aromatic carbocycles. The molecule has 0 radical (unpaired) electrons. The monoisotopic (exact) mass is 366 g/mol. The predicted octanol–water partition coefficient (Wildman–Crippen LogP) is 6.69. The number of rotatable bonds is 18. The molecule has 1 aliphatic rings. The third-order valence-electron chi connectivity index (χ3n) is 5.67. The van der Waals surface area contributed by atoms with E-state index in [0.717, 1.165) is 25.3 Å². The van der Waals surface area contributed by atoms with Crippen LogP contribution in [0.2, 0.25) is 0 Å². The van der Waals surface area contributed by atoms with Gasteiger partial charge in [0.2, 0.25) is 0 Å². The quantitative estimate of drug-likeness (QED) is 0.274. The summed E-state index contributed by atoms with van der Waals surface area (Å²) in [6, 6.07) is 0. The standard InChI is InChI=1S/C23H46N2O/c1-3-4-5-6-7-8-9-10-11-12-13-14-15-16-17-18-19-23-24-20-21-25(23)22(2)26/h22,26H,3-21H2,1-2H3. The van der Waals surface area contributed by atoms with E-state index in [1.807, 2.05) is 11.8 Å². The van der Waals surface area contributed by atoms with Crippen molar-refractivity contribution in [3.05, 3.63) is 0 Å². The van der Waals surface area contributed by atoms with Crippen molar-refractivity contribution in [1.29, 1.82) is 0 Å². The average Bonchev–Trinajstić information content (AvgIpc) is 3.10. The number of hydrogen-bond acceptors (Lipinski definition) is 3. The highest BCUT2D eigenvalue weighted by molar-refractivity contribution is 5.83. The van der Waals surface area contributed by atoms with Crippen molar-refractivity contribution >= 4 is 5.84 Å². The molecule has 1 rings (SSSR count). The second kappa shape index (κ2) is 16.6. The van der Waals surface area contributed by atoms with Gasteiger partial charge in [-0.25, -0.2) is 0 Å². The number of amidine groups is 1. The zero-order valence-electron chi connectivity index (χ0n) is 17.9. The van der Waals surface area contributed by atoms with Gasteiger partial charge < -0.3 is 10.0 Å². The van der Waals surface area contributed by atoms with Gasteiger partial charge in [0.25, 0.3) is 0 Å². The molecule has 1 aliphatic heterocycles. The normalized spacial score (nSPS) is 15.5. The molecule has 0 bridgehead atoms. The number of aliphatic hydroxyl groups excluding tert-OH is 1. The Kier molecular flexibility index (Phi) is 15.0. The molecule has 0 saturated heterocycles. The lowest BCUT2D eigenvalue weighted by atomic mass is 10.0. The third-order valence-corrected chi connectivity index (χ3v) is 5.67. The van der Waals surface area contributed by atoms with E-state index >= 15 is 0 Å². The van der Waals surface area contributed by atoms with E-state index in [1.54, 1.807) is 0 Å². The van der Waals surface area contributed by atoms with Crippen molar-refractivity contribution in [2.75, 3.05) is 13.1 Å². The topological polar surface area (TPSA) is 35.8 Å². The molecule has 0 aromatic heterocycles. The van der Waals surface area contributed by atoms with E-state index in [4.69, 9.17) is 0 Å². The highest BCUT2D eigenvalue weighted by Crippen LogP contribution is 2.15. The maximum atomic E-state index is 9.70. The summed E-state index contributed by atoms with van der Waals surface area (Å²) in [6.45, 7) is 5.89. The fourth-order valence-corrected chi connectivity index (χ4v) is 3.96. The molecule has 1 N–H and O–H groups in total. The van der Waals surface area contributed by atoms with Crippen molar-refractivity contribution < 1.29 is 5.11 Å². The van der Waals surface area contributed by atoms with Crippen LogP contribution in [-0.2, 0) is 0 Å². The minimum atomic E-state index is -0.377. The minimum absolute atomic E-state index is 0.377. The Balaban J connectivity index is 1.76. The first-order chi connectivity index (χ1) is 12.8. The largest absolute Gasteiger partial charge is 0.374 e. The lowest BCUT2D eigenvalue weighted by Gasteiger charge is -2.23. The molecule has 1 atom stereocenters. The molecule has 0 spiro atoms. The van der Waals surface area contributed by atoms with Gasteiger partial charge in [0.1, 0.15) is 12.1 Å². The lowest BCUT2D eigenvalue weighted by molar-refractivity contribution is 0.0766. The Morgan fingerprint density at radius 3 is 1.62 bits per heavy atom. The van der Waals surface area contributed by atoms with Gasteiger partial charge in [0.05, 0.1) is 6.54 Å². The molecule has 0 amide bonds. The van der Waals surface area contributed by atoms with Gasteiger partial charge in [-0.2, -0.15) is 0 Å². The summed E-state index contributed by atoms with van der Waals surface area (Å²) < 4.78 is 0. The van der Waals surface area contributed by atoms with Crippen molar-refractivity contribution in [2.45, 2.75) is 129 Å². The Morgan fingerprint density at radius 1 is 0.769 bits per heavy atom. The van der Waals surface area contributed by atoms with Crippen LogP contribution in [0.4, 0.5) is 0 Å². The van der Waals surface area contributed by atoms with Crippen molar-refractivity contribution in [2.24, 2.45) is 4.99 Å². The summed E-state index contributed by atoms with van der Waals surface area (Å²) in [5, 5.41) is 9.70. The van der Waals surface area contributed by atoms with Gasteiger partial charge in [-0.1, -0.05) is 103 Å². The molecule has 1 unspecified atom stereocenters. The number of aliphatic imine (C=N–C) groups is 1. The van der Waals surface area contributed by atoms with Gasteiger partial charge in [0.15, 0.2) is 0 Å². The van der Waals surface area contributed by atoms with Crippen molar-refractivity contribution in [3.63, 3.8) is 0 Å². The third kappa shape index (κ3) is 11.9. The Labute approximate surface area is 163 Å². The second-order valence-electron chi connectivity index (χ2n) is 8.18. The predicted molar refractivity (Wildman–Crippen MR) is 115 cm³/mol. The minimum Gasteiger partial charge on any atom is -0.374 e. The first-order valence-electron chi connectivity index (χ1n) is 11.7. The summed E-state index contributed by atoms with van der Waals surface area (Å²) in [6.07, 6.45) is 23.2. The van der Waals surface area contributed by atoms with Crippen LogP contribution in [0.5, 0.6) is 0 Å². The number of unbranched alkanes of at least 4 members (excludes halogenated alkanes) is 15. The Morgan fingerprint density at radius 2 is 1.19 bits per heavy atom. The highest BCUT2D eigenvalue weighted by atomic mass is 16.3. The number of hydrogen-bond donors (Lipinski definition) is 1. The second-order valence-corrected chi connectivity index (χ2v) is 8.18. The lowest BCUT2D eigenvalue weighted by Crippen LogP contribution is -2.35. The van der Waals surface area contributed by atoms with Gasteiger partial charge in [-0.15, -0.1) is 0 Å². The molecule has 0 saturated carbocycles. The summed E-state index contributed by atoms with van der Waals surface area (Å²) >= 11 is 0. The average molecular weight is 367 g/mol. The van der Waals surface area contributed by atoms with Crippen molar-refractivity contribution in [3.8, 4) is 0 Å². The van der Waals surface area contributed by atoms with Gasteiger partial charge >= 0.3 is 0 Å². The molecular weight excluding hydrogens is 320 g/mol. The Bertz CT molecular complexity index is 341. The summed E-state index contributed by atoms with van der Waals surface area (Å²) in [5.41, 5.74) is 0. The van der Waals surface area contributed by atoms with E-state index in [2.05, 4.69) is 11.9 Å². The van der Waals surface area contributed by atoms with E-state index in [-0.39, 0.29) is 6.23 Å². The smallest absolute Gasteiger partial charge is 0.125 e. The van der Waals surface area contributed by atoms with Gasteiger partial charge in [0, 0.05) is 13.0 Å². The zero-order valence-corrected chi connectivity index (χ0v) is 17.9. The van der Waals surface area contributed by atoms with Gasteiger partial charge in [-0.3, -0.25) is 4.99 Å². The zero-order chi connectivity index (χ0) is 18.9. The molecule has 1 heterocycles. The molecule has 0 fully saturated rings. The first kappa shape index (κ1) is 23.5. The fourth-order valence-electron chi connectivity index (χ4n) is 3.96. The van der Waals surface area contributed by atoms with Crippen LogP contribution >= 0.6 is 0 Å². The van der Waals surface area contributed by atoms with E-state index in [0.29, 0.717) is 0 Å². The van der Waals surface area contributed by atoms with Crippen LogP contribution in [0, 0.1) is 0 Å². The maximum absolute atomic E-state index is 9.70. The number of nitrogens with zero attached hydrogens (tertiary/aromatic N) is 2. The van der Waals surface area contributed by atoms with E-state index in [9.17, 15) is 5.11 Å². The molecular formula is C23H46N2O. The van der Waals surface area contributed by atoms with Gasteiger partial charge in [-0.05, 0) is 13.3 Å². The van der Waals surface area contributed by atoms with Crippen LogP contribution < -0.4 is 0 Å². The fraction of sp³-hybridized carbons (Fsp3) is 0.957. The maximum Gasteiger partial charge on any atom is 0.125 e.